The number of benzene rings is 1. The largest absolute Gasteiger partial charge is 0.398 e. The maximum atomic E-state index is 12.3. The van der Waals surface area contributed by atoms with Crippen LogP contribution in [0.4, 0.5) is 5.69 Å². The molecule has 3 nitrogen and oxygen atoms in total. The molecule has 1 aliphatic rings. The van der Waals surface area contributed by atoms with Gasteiger partial charge in [-0.1, -0.05) is 25.8 Å². The molecule has 0 bridgehead atoms. The lowest BCUT2D eigenvalue weighted by Gasteiger charge is -2.29. The summed E-state index contributed by atoms with van der Waals surface area (Å²) in [5.41, 5.74) is 8.09. The summed E-state index contributed by atoms with van der Waals surface area (Å²) in [4.78, 5) is 12.3. The SMILES string of the molecule is Cc1c(N)cccc1C(=O)NC1CCCCC1C. The first-order chi connectivity index (χ1) is 8.59. The minimum Gasteiger partial charge on any atom is -0.398 e. The molecule has 1 aromatic carbocycles. The Labute approximate surface area is 109 Å². The number of rotatable bonds is 2. The molecule has 1 aliphatic carbocycles. The van der Waals surface area contributed by atoms with Crippen LogP contribution in [0.15, 0.2) is 18.2 Å². The zero-order valence-electron chi connectivity index (χ0n) is 11.2. The van der Waals surface area contributed by atoms with Crippen molar-refractivity contribution in [2.24, 2.45) is 5.92 Å². The fourth-order valence-electron chi connectivity index (χ4n) is 2.68. The van der Waals surface area contributed by atoms with Gasteiger partial charge < -0.3 is 11.1 Å². The van der Waals surface area contributed by atoms with Gasteiger partial charge in [0.15, 0.2) is 0 Å². The van der Waals surface area contributed by atoms with Gasteiger partial charge in [0.25, 0.3) is 5.91 Å². The Bertz CT molecular complexity index is 442. The van der Waals surface area contributed by atoms with E-state index in [4.69, 9.17) is 5.73 Å². The molecule has 2 unspecified atom stereocenters. The fourth-order valence-corrected chi connectivity index (χ4v) is 2.68. The Balaban J connectivity index is 2.09. The summed E-state index contributed by atoms with van der Waals surface area (Å²) in [5, 5.41) is 3.16. The quantitative estimate of drug-likeness (QED) is 0.788. The Morgan fingerprint density at radius 3 is 2.78 bits per heavy atom. The van der Waals surface area contributed by atoms with Crippen LogP contribution in [0.2, 0.25) is 0 Å². The van der Waals surface area contributed by atoms with Gasteiger partial charge in [0, 0.05) is 17.3 Å². The van der Waals surface area contributed by atoms with Crippen LogP contribution in [0.3, 0.4) is 0 Å². The van der Waals surface area contributed by atoms with E-state index in [1.807, 2.05) is 25.1 Å². The predicted molar refractivity (Wildman–Crippen MR) is 74.5 cm³/mol. The van der Waals surface area contributed by atoms with E-state index in [1.165, 1.54) is 19.3 Å². The van der Waals surface area contributed by atoms with Crippen LogP contribution in [0.1, 0.15) is 48.5 Å². The first-order valence-electron chi connectivity index (χ1n) is 6.75. The number of hydrogen-bond acceptors (Lipinski definition) is 2. The molecular weight excluding hydrogens is 224 g/mol. The van der Waals surface area contributed by atoms with Gasteiger partial charge >= 0.3 is 0 Å². The van der Waals surface area contributed by atoms with Gasteiger partial charge in [0.1, 0.15) is 0 Å². The molecule has 3 heteroatoms. The van der Waals surface area contributed by atoms with Crippen molar-refractivity contribution in [1.82, 2.24) is 5.32 Å². The van der Waals surface area contributed by atoms with Crippen molar-refractivity contribution in [3.05, 3.63) is 29.3 Å². The zero-order valence-corrected chi connectivity index (χ0v) is 11.2. The van der Waals surface area contributed by atoms with Gasteiger partial charge in [-0.15, -0.1) is 0 Å². The van der Waals surface area contributed by atoms with Crippen LogP contribution in [0.5, 0.6) is 0 Å². The third-order valence-corrected chi connectivity index (χ3v) is 4.05. The number of nitrogen functional groups attached to an aromatic ring is 1. The van der Waals surface area contributed by atoms with Crippen LogP contribution in [-0.2, 0) is 0 Å². The number of carbonyl (C=O) groups is 1. The van der Waals surface area contributed by atoms with E-state index < -0.39 is 0 Å². The third-order valence-electron chi connectivity index (χ3n) is 4.05. The molecule has 98 valence electrons. The van der Waals surface area contributed by atoms with Crippen molar-refractivity contribution in [2.75, 3.05) is 5.73 Å². The molecule has 1 saturated carbocycles. The van der Waals surface area contributed by atoms with Crippen LogP contribution >= 0.6 is 0 Å². The van der Waals surface area contributed by atoms with E-state index in [2.05, 4.69) is 12.2 Å². The monoisotopic (exact) mass is 246 g/mol. The van der Waals surface area contributed by atoms with Crippen molar-refractivity contribution in [3.63, 3.8) is 0 Å². The highest BCUT2D eigenvalue weighted by Gasteiger charge is 2.23. The zero-order chi connectivity index (χ0) is 13.1. The maximum Gasteiger partial charge on any atom is 0.251 e. The van der Waals surface area contributed by atoms with Crippen molar-refractivity contribution >= 4 is 11.6 Å². The molecule has 0 spiro atoms. The molecule has 1 fully saturated rings. The summed E-state index contributed by atoms with van der Waals surface area (Å²) < 4.78 is 0. The Kier molecular flexibility index (Phi) is 3.90. The van der Waals surface area contributed by atoms with Gasteiger partial charge in [-0.25, -0.2) is 0 Å². The van der Waals surface area contributed by atoms with E-state index in [0.717, 1.165) is 12.0 Å². The van der Waals surface area contributed by atoms with Crippen molar-refractivity contribution in [1.29, 1.82) is 0 Å². The van der Waals surface area contributed by atoms with E-state index >= 15 is 0 Å². The lowest BCUT2D eigenvalue weighted by Crippen LogP contribution is -2.41. The van der Waals surface area contributed by atoms with Gasteiger partial charge in [-0.2, -0.15) is 0 Å². The number of nitrogens with two attached hydrogens (primary N) is 1. The molecule has 0 aromatic heterocycles. The summed E-state index contributed by atoms with van der Waals surface area (Å²) in [5.74, 6) is 0.586. The molecule has 1 amide bonds. The number of amides is 1. The Morgan fingerprint density at radius 2 is 2.06 bits per heavy atom. The normalized spacial score (nSPS) is 23.7. The first-order valence-corrected chi connectivity index (χ1v) is 6.75. The second kappa shape index (κ2) is 5.42. The molecule has 0 heterocycles. The summed E-state index contributed by atoms with van der Waals surface area (Å²) in [6.07, 6.45) is 4.80. The lowest BCUT2D eigenvalue weighted by molar-refractivity contribution is 0.0909. The molecule has 1 aromatic rings. The van der Waals surface area contributed by atoms with Gasteiger partial charge in [-0.3, -0.25) is 4.79 Å². The van der Waals surface area contributed by atoms with Crippen molar-refractivity contribution in [2.45, 2.75) is 45.6 Å². The average Bonchev–Trinajstić information content (AvgIpc) is 2.35. The minimum atomic E-state index is 0.0125. The van der Waals surface area contributed by atoms with Gasteiger partial charge in [0.05, 0.1) is 0 Å². The van der Waals surface area contributed by atoms with Crippen molar-refractivity contribution in [3.8, 4) is 0 Å². The molecule has 0 saturated heterocycles. The third kappa shape index (κ3) is 2.66. The number of nitrogens with one attached hydrogen (secondary N) is 1. The predicted octanol–water partition coefficient (Wildman–Crippen LogP) is 2.89. The molecule has 0 radical (unpaired) electrons. The Hall–Kier alpha value is -1.51. The topological polar surface area (TPSA) is 55.1 Å². The smallest absolute Gasteiger partial charge is 0.251 e. The van der Waals surface area contributed by atoms with Crippen LogP contribution in [-0.4, -0.2) is 11.9 Å². The number of hydrogen-bond donors (Lipinski definition) is 2. The molecule has 18 heavy (non-hydrogen) atoms. The highest BCUT2D eigenvalue weighted by atomic mass is 16.1. The van der Waals surface area contributed by atoms with E-state index in [-0.39, 0.29) is 5.91 Å². The molecule has 2 rings (SSSR count). The first kappa shape index (κ1) is 12.9. The highest BCUT2D eigenvalue weighted by Crippen LogP contribution is 2.24. The van der Waals surface area contributed by atoms with Gasteiger partial charge in [0.2, 0.25) is 0 Å². The molecule has 2 atom stereocenters. The highest BCUT2D eigenvalue weighted by molar-refractivity contribution is 5.97. The fraction of sp³-hybridized carbons (Fsp3) is 0.533. The summed E-state index contributed by atoms with van der Waals surface area (Å²) in [6, 6.07) is 5.82. The Morgan fingerprint density at radius 1 is 1.33 bits per heavy atom. The molecule has 3 N–H and O–H groups in total. The van der Waals surface area contributed by atoms with E-state index in [1.54, 1.807) is 0 Å². The van der Waals surface area contributed by atoms with Crippen LogP contribution in [0, 0.1) is 12.8 Å². The lowest BCUT2D eigenvalue weighted by atomic mass is 9.85. The number of anilines is 1. The van der Waals surface area contributed by atoms with Crippen molar-refractivity contribution < 1.29 is 4.79 Å². The summed E-state index contributed by atoms with van der Waals surface area (Å²) in [7, 11) is 0. The van der Waals surface area contributed by atoms with Crippen LogP contribution < -0.4 is 11.1 Å². The second-order valence-corrected chi connectivity index (χ2v) is 5.36. The standard InChI is InChI=1S/C15H22N2O/c1-10-6-3-4-9-14(10)17-15(18)12-7-5-8-13(16)11(12)2/h5,7-8,10,14H,3-4,6,9,16H2,1-2H3,(H,17,18). The van der Waals surface area contributed by atoms with Crippen LogP contribution in [0.25, 0.3) is 0 Å². The number of carbonyl (C=O) groups excluding carboxylic acids is 1. The molecule has 0 aliphatic heterocycles. The second-order valence-electron chi connectivity index (χ2n) is 5.36. The average molecular weight is 246 g/mol. The maximum absolute atomic E-state index is 12.3. The van der Waals surface area contributed by atoms with E-state index in [0.29, 0.717) is 23.2 Å². The summed E-state index contributed by atoms with van der Waals surface area (Å²) >= 11 is 0. The summed E-state index contributed by atoms with van der Waals surface area (Å²) in [6.45, 7) is 4.12. The minimum absolute atomic E-state index is 0.0125. The van der Waals surface area contributed by atoms with Gasteiger partial charge in [-0.05, 0) is 43.4 Å². The molecular formula is C15H22N2O. The van der Waals surface area contributed by atoms with E-state index in [9.17, 15) is 4.79 Å².